The average Bonchev–Trinajstić information content (AvgIpc) is 2.19. The summed E-state index contributed by atoms with van der Waals surface area (Å²) in [5, 5.41) is 3.42. The third-order valence-corrected chi connectivity index (χ3v) is 2.38. The van der Waals surface area contributed by atoms with E-state index in [0.717, 1.165) is 18.8 Å². The van der Waals surface area contributed by atoms with Gasteiger partial charge >= 0.3 is 0 Å². The lowest BCUT2D eigenvalue weighted by atomic mass is 10.0. The lowest BCUT2D eigenvalue weighted by Crippen LogP contribution is -2.20. The van der Waals surface area contributed by atoms with Gasteiger partial charge in [0.2, 0.25) is 0 Å². The Morgan fingerprint density at radius 2 is 1.93 bits per heavy atom. The van der Waals surface area contributed by atoms with E-state index in [0.29, 0.717) is 5.92 Å². The van der Waals surface area contributed by atoms with Crippen LogP contribution in [0, 0.1) is 0 Å². The van der Waals surface area contributed by atoms with E-state index in [1.165, 1.54) is 12.0 Å². The maximum absolute atomic E-state index is 5.63. The summed E-state index contributed by atoms with van der Waals surface area (Å²) in [6.45, 7) is 6.55. The smallest absolute Gasteiger partial charge is 0.0314 e. The summed E-state index contributed by atoms with van der Waals surface area (Å²) in [4.78, 5) is 0. The molecule has 14 heavy (non-hydrogen) atoms. The summed E-state index contributed by atoms with van der Waals surface area (Å²) in [7, 11) is 0. The molecule has 78 valence electrons. The number of hydrogen-bond acceptors (Lipinski definition) is 2. The van der Waals surface area contributed by atoms with Gasteiger partial charge in [0.15, 0.2) is 0 Å². The van der Waals surface area contributed by atoms with E-state index in [1.807, 2.05) is 12.1 Å². The highest BCUT2D eigenvalue weighted by atomic mass is 14.8. The number of nitrogens with one attached hydrogen (secondary N) is 1. The summed E-state index contributed by atoms with van der Waals surface area (Å²) in [5.41, 5.74) is 7.82. The molecule has 0 aromatic heterocycles. The van der Waals surface area contributed by atoms with E-state index < -0.39 is 0 Å². The van der Waals surface area contributed by atoms with Crippen LogP contribution in [0.25, 0.3) is 0 Å². The predicted octanol–water partition coefficient (Wildman–Crippen LogP) is 2.37. The van der Waals surface area contributed by atoms with Crippen LogP contribution in [-0.2, 0) is 0 Å². The standard InChI is InChI=1S/C12H20N2/c1-3-8-14-9-10(2)11-4-6-12(13)7-5-11/h4-7,10,14H,3,8-9,13H2,1-2H3/t10-/m0/s1. The lowest BCUT2D eigenvalue weighted by Gasteiger charge is -2.12. The third kappa shape index (κ3) is 3.38. The van der Waals surface area contributed by atoms with Gasteiger partial charge in [0.05, 0.1) is 0 Å². The van der Waals surface area contributed by atoms with E-state index in [-0.39, 0.29) is 0 Å². The molecular formula is C12H20N2. The van der Waals surface area contributed by atoms with E-state index in [9.17, 15) is 0 Å². The number of nitrogens with two attached hydrogens (primary N) is 1. The first kappa shape index (κ1) is 11.1. The molecule has 0 aliphatic heterocycles. The molecule has 2 heteroatoms. The molecule has 1 rings (SSSR count). The van der Waals surface area contributed by atoms with Crippen LogP contribution in [0.3, 0.4) is 0 Å². The second-order valence-corrected chi connectivity index (χ2v) is 3.77. The molecule has 1 aromatic carbocycles. The molecule has 2 nitrogen and oxygen atoms in total. The Morgan fingerprint density at radius 1 is 1.29 bits per heavy atom. The highest BCUT2D eigenvalue weighted by Crippen LogP contribution is 2.15. The van der Waals surface area contributed by atoms with Gasteiger partial charge in [-0.1, -0.05) is 26.0 Å². The second kappa shape index (κ2) is 5.66. The first-order valence-corrected chi connectivity index (χ1v) is 5.30. The van der Waals surface area contributed by atoms with Crippen molar-refractivity contribution >= 4 is 5.69 Å². The van der Waals surface area contributed by atoms with Crippen LogP contribution in [-0.4, -0.2) is 13.1 Å². The van der Waals surface area contributed by atoms with Gasteiger partial charge in [-0.05, 0) is 36.6 Å². The molecule has 0 radical (unpaired) electrons. The van der Waals surface area contributed by atoms with E-state index in [1.54, 1.807) is 0 Å². The number of rotatable bonds is 5. The van der Waals surface area contributed by atoms with Crippen molar-refractivity contribution in [2.45, 2.75) is 26.2 Å². The summed E-state index contributed by atoms with van der Waals surface area (Å²) >= 11 is 0. The molecule has 0 spiro atoms. The highest BCUT2D eigenvalue weighted by molar-refractivity contribution is 5.40. The first-order chi connectivity index (χ1) is 6.74. The fourth-order valence-corrected chi connectivity index (χ4v) is 1.44. The minimum atomic E-state index is 0.558. The van der Waals surface area contributed by atoms with E-state index >= 15 is 0 Å². The molecular weight excluding hydrogens is 172 g/mol. The fraction of sp³-hybridized carbons (Fsp3) is 0.500. The number of hydrogen-bond donors (Lipinski definition) is 2. The summed E-state index contributed by atoms with van der Waals surface area (Å²) < 4.78 is 0. The minimum absolute atomic E-state index is 0.558. The second-order valence-electron chi connectivity index (χ2n) is 3.77. The topological polar surface area (TPSA) is 38.0 Å². The first-order valence-electron chi connectivity index (χ1n) is 5.30. The van der Waals surface area contributed by atoms with Gasteiger partial charge in [-0.15, -0.1) is 0 Å². The van der Waals surface area contributed by atoms with Crippen LogP contribution in [0.15, 0.2) is 24.3 Å². The van der Waals surface area contributed by atoms with Crippen molar-refractivity contribution in [1.29, 1.82) is 0 Å². The quantitative estimate of drug-likeness (QED) is 0.555. The fourth-order valence-electron chi connectivity index (χ4n) is 1.44. The zero-order chi connectivity index (χ0) is 10.4. The average molecular weight is 192 g/mol. The third-order valence-electron chi connectivity index (χ3n) is 2.38. The Labute approximate surface area is 86.5 Å². The van der Waals surface area contributed by atoms with Gasteiger partial charge in [-0.2, -0.15) is 0 Å². The molecule has 0 bridgehead atoms. The van der Waals surface area contributed by atoms with Crippen LogP contribution in [0.1, 0.15) is 31.7 Å². The van der Waals surface area contributed by atoms with Crippen molar-refractivity contribution in [3.05, 3.63) is 29.8 Å². The van der Waals surface area contributed by atoms with Gasteiger partial charge in [-0.3, -0.25) is 0 Å². The molecule has 1 atom stereocenters. The molecule has 0 heterocycles. The minimum Gasteiger partial charge on any atom is -0.399 e. The molecule has 0 aliphatic carbocycles. The molecule has 1 aromatic rings. The Morgan fingerprint density at radius 3 is 2.50 bits per heavy atom. The van der Waals surface area contributed by atoms with Crippen molar-refractivity contribution in [2.24, 2.45) is 0 Å². The number of anilines is 1. The molecule has 0 saturated carbocycles. The van der Waals surface area contributed by atoms with Crippen molar-refractivity contribution in [1.82, 2.24) is 5.32 Å². The van der Waals surface area contributed by atoms with Crippen molar-refractivity contribution in [3.63, 3.8) is 0 Å². The Hall–Kier alpha value is -1.02. The molecule has 0 amide bonds. The van der Waals surface area contributed by atoms with Gasteiger partial charge in [-0.25, -0.2) is 0 Å². The molecule has 3 N–H and O–H groups in total. The summed E-state index contributed by atoms with van der Waals surface area (Å²) in [5.74, 6) is 0.558. The maximum Gasteiger partial charge on any atom is 0.0314 e. The van der Waals surface area contributed by atoms with Gasteiger partial charge in [0.1, 0.15) is 0 Å². The molecule has 0 aliphatic rings. The number of nitrogen functional groups attached to an aromatic ring is 1. The maximum atomic E-state index is 5.63. The Kier molecular flexibility index (Phi) is 4.47. The van der Waals surface area contributed by atoms with Crippen molar-refractivity contribution in [3.8, 4) is 0 Å². The monoisotopic (exact) mass is 192 g/mol. The van der Waals surface area contributed by atoms with Crippen LogP contribution in [0.4, 0.5) is 5.69 Å². The van der Waals surface area contributed by atoms with Gasteiger partial charge in [0, 0.05) is 12.2 Å². The van der Waals surface area contributed by atoms with Crippen LogP contribution in [0.2, 0.25) is 0 Å². The predicted molar refractivity (Wildman–Crippen MR) is 62.4 cm³/mol. The van der Waals surface area contributed by atoms with Crippen LogP contribution >= 0.6 is 0 Å². The van der Waals surface area contributed by atoms with E-state index in [4.69, 9.17) is 5.73 Å². The van der Waals surface area contributed by atoms with E-state index in [2.05, 4.69) is 31.3 Å². The Bertz CT molecular complexity index is 254. The molecule has 0 unspecified atom stereocenters. The SMILES string of the molecule is CCCNC[C@H](C)c1ccc(N)cc1. The van der Waals surface area contributed by atoms with Crippen molar-refractivity contribution < 1.29 is 0 Å². The molecule has 0 saturated heterocycles. The molecule has 0 fully saturated rings. The highest BCUT2D eigenvalue weighted by Gasteiger charge is 2.03. The normalized spacial score (nSPS) is 12.7. The van der Waals surface area contributed by atoms with Crippen LogP contribution < -0.4 is 11.1 Å². The van der Waals surface area contributed by atoms with Gasteiger partial charge < -0.3 is 11.1 Å². The largest absolute Gasteiger partial charge is 0.399 e. The van der Waals surface area contributed by atoms with Gasteiger partial charge in [0.25, 0.3) is 0 Å². The summed E-state index contributed by atoms with van der Waals surface area (Å²) in [6, 6.07) is 8.14. The number of benzene rings is 1. The lowest BCUT2D eigenvalue weighted by molar-refractivity contribution is 0.609. The van der Waals surface area contributed by atoms with Crippen LogP contribution in [0.5, 0.6) is 0 Å². The summed E-state index contributed by atoms with van der Waals surface area (Å²) in [6.07, 6.45) is 1.19. The van der Waals surface area contributed by atoms with Crippen molar-refractivity contribution in [2.75, 3.05) is 18.8 Å². The zero-order valence-corrected chi connectivity index (χ0v) is 9.09. The zero-order valence-electron chi connectivity index (χ0n) is 9.09. The Balaban J connectivity index is 2.43.